The van der Waals surface area contributed by atoms with E-state index >= 15 is 0 Å². The Bertz CT molecular complexity index is 1320. The van der Waals surface area contributed by atoms with Gasteiger partial charge in [0.05, 0.1) is 24.1 Å². The van der Waals surface area contributed by atoms with E-state index in [-0.39, 0.29) is 12.5 Å². The lowest BCUT2D eigenvalue weighted by molar-refractivity contribution is -0.139. The molecule has 1 aromatic carbocycles. The molecule has 0 radical (unpaired) electrons. The lowest BCUT2D eigenvalue weighted by Crippen LogP contribution is -2.47. The quantitative estimate of drug-likeness (QED) is 0.546. The number of nitrogens with one attached hydrogen (secondary N) is 1. The highest BCUT2D eigenvalue weighted by atomic mass is 32.2. The Morgan fingerprint density at radius 2 is 1.89 bits per heavy atom. The first kappa shape index (κ1) is 23.6. The summed E-state index contributed by atoms with van der Waals surface area (Å²) in [5.41, 5.74) is 3.91. The van der Waals surface area contributed by atoms with Crippen LogP contribution in [0.5, 0.6) is 5.88 Å². The first-order valence-corrected chi connectivity index (χ1v) is 13.4. The maximum absolute atomic E-state index is 12.0. The molecule has 0 aliphatic carbocycles. The van der Waals surface area contributed by atoms with Gasteiger partial charge in [0.2, 0.25) is 15.9 Å². The van der Waals surface area contributed by atoms with Crippen molar-refractivity contribution in [2.75, 3.05) is 39.1 Å². The Morgan fingerprint density at radius 1 is 1.14 bits per heavy atom. The van der Waals surface area contributed by atoms with E-state index in [9.17, 15) is 13.2 Å². The summed E-state index contributed by atoms with van der Waals surface area (Å²) >= 11 is 0. The highest BCUT2D eigenvalue weighted by molar-refractivity contribution is 7.88. The van der Waals surface area contributed by atoms with Gasteiger partial charge in [0.15, 0.2) is 11.6 Å². The summed E-state index contributed by atoms with van der Waals surface area (Å²) in [7, 11) is -3.14. The minimum Gasteiger partial charge on any atom is -0.473 e. The van der Waals surface area contributed by atoms with Crippen molar-refractivity contribution in [3.8, 4) is 17.1 Å². The van der Waals surface area contributed by atoms with E-state index < -0.39 is 16.1 Å². The van der Waals surface area contributed by atoms with Crippen LogP contribution in [-0.4, -0.2) is 78.8 Å². The molecular formula is C24H27N5O5S. The smallest absolute Gasteiger partial charge is 0.252 e. The standard InChI is InChI=1S/C24H27N5O5S/c1-35(31,32)29-11-6-17(7-12-29)16-2-4-18(5-3-16)19-14-20-22(26-9-8-25-20)24(28-19)34-15-21-23(30)27-10-13-33-21/h2-5,8-9,14,17,21H,6-7,10-13,15H2,1H3,(H,27,30). The molecule has 2 aromatic heterocycles. The molecule has 5 rings (SSSR count). The second-order valence-corrected chi connectivity index (χ2v) is 10.7. The number of aromatic nitrogens is 3. The summed E-state index contributed by atoms with van der Waals surface area (Å²) in [5.74, 6) is 0.406. The van der Waals surface area contributed by atoms with Crippen molar-refractivity contribution in [1.82, 2.24) is 24.6 Å². The molecule has 4 heterocycles. The van der Waals surface area contributed by atoms with E-state index in [4.69, 9.17) is 9.47 Å². The molecule has 3 aromatic rings. The van der Waals surface area contributed by atoms with Gasteiger partial charge in [0, 0.05) is 37.6 Å². The average Bonchev–Trinajstić information content (AvgIpc) is 2.87. The van der Waals surface area contributed by atoms with Gasteiger partial charge in [-0.3, -0.25) is 9.78 Å². The van der Waals surface area contributed by atoms with Gasteiger partial charge in [-0.2, -0.15) is 0 Å². The third-order valence-corrected chi connectivity index (χ3v) is 7.71. The molecule has 2 fully saturated rings. The van der Waals surface area contributed by atoms with Crippen LogP contribution in [-0.2, 0) is 19.6 Å². The Hall–Kier alpha value is -3.15. The Balaban J connectivity index is 1.35. The Kier molecular flexibility index (Phi) is 6.63. The molecule has 0 spiro atoms. The fourth-order valence-corrected chi connectivity index (χ4v) is 5.36. The Morgan fingerprint density at radius 3 is 2.60 bits per heavy atom. The predicted octanol–water partition coefficient (Wildman–Crippen LogP) is 1.72. The molecule has 1 N–H and O–H groups in total. The van der Waals surface area contributed by atoms with Crippen molar-refractivity contribution in [1.29, 1.82) is 0 Å². The van der Waals surface area contributed by atoms with Crippen molar-refractivity contribution < 1.29 is 22.7 Å². The molecule has 0 bridgehead atoms. The number of fused-ring (bicyclic) bond motifs is 1. The van der Waals surface area contributed by atoms with Crippen molar-refractivity contribution in [2.45, 2.75) is 24.9 Å². The average molecular weight is 498 g/mol. The van der Waals surface area contributed by atoms with Crippen molar-refractivity contribution in [3.05, 3.63) is 48.3 Å². The summed E-state index contributed by atoms with van der Waals surface area (Å²) < 4.78 is 36.5. The number of piperidine rings is 1. The molecule has 184 valence electrons. The number of morpholine rings is 1. The third-order valence-electron chi connectivity index (χ3n) is 6.41. The van der Waals surface area contributed by atoms with E-state index in [0.717, 1.165) is 18.4 Å². The second kappa shape index (κ2) is 9.84. The van der Waals surface area contributed by atoms with E-state index in [1.807, 2.05) is 18.2 Å². The number of rotatable bonds is 6. The van der Waals surface area contributed by atoms with Gasteiger partial charge >= 0.3 is 0 Å². The van der Waals surface area contributed by atoms with E-state index in [0.29, 0.717) is 54.8 Å². The fourth-order valence-electron chi connectivity index (χ4n) is 4.48. The topological polar surface area (TPSA) is 124 Å². The van der Waals surface area contributed by atoms with Crippen LogP contribution in [0.1, 0.15) is 24.3 Å². The van der Waals surface area contributed by atoms with Crippen LogP contribution in [0.4, 0.5) is 0 Å². The molecule has 1 atom stereocenters. The van der Waals surface area contributed by atoms with Gasteiger partial charge in [0.1, 0.15) is 6.61 Å². The van der Waals surface area contributed by atoms with Crippen LogP contribution in [0.3, 0.4) is 0 Å². The van der Waals surface area contributed by atoms with Gasteiger partial charge in [-0.1, -0.05) is 24.3 Å². The number of amides is 1. The van der Waals surface area contributed by atoms with Crippen LogP contribution in [0.15, 0.2) is 42.7 Å². The number of nitrogens with zero attached hydrogens (tertiary/aromatic N) is 4. The molecule has 2 aliphatic rings. The number of carbonyl (C=O) groups excluding carboxylic acids is 1. The summed E-state index contributed by atoms with van der Waals surface area (Å²) in [6.07, 6.45) is 5.34. The van der Waals surface area contributed by atoms with E-state index in [1.54, 1.807) is 16.7 Å². The van der Waals surface area contributed by atoms with Crippen molar-refractivity contribution >= 4 is 27.0 Å². The van der Waals surface area contributed by atoms with Gasteiger partial charge in [0.25, 0.3) is 5.91 Å². The van der Waals surface area contributed by atoms with Crippen LogP contribution in [0, 0.1) is 0 Å². The fraction of sp³-hybridized carbons (Fsp3) is 0.417. The van der Waals surface area contributed by atoms with Crippen LogP contribution >= 0.6 is 0 Å². The van der Waals surface area contributed by atoms with Gasteiger partial charge in [-0.15, -0.1) is 0 Å². The number of benzene rings is 1. The zero-order valence-corrected chi connectivity index (χ0v) is 20.2. The van der Waals surface area contributed by atoms with Crippen LogP contribution in [0.25, 0.3) is 22.3 Å². The molecule has 2 saturated heterocycles. The lowest BCUT2D eigenvalue weighted by atomic mass is 9.89. The maximum Gasteiger partial charge on any atom is 0.252 e. The maximum atomic E-state index is 12.0. The van der Waals surface area contributed by atoms with E-state index in [2.05, 4.69) is 32.4 Å². The molecular weight excluding hydrogens is 470 g/mol. The van der Waals surface area contributed by atoms with Gasteiger partial charge in [-0.25, -0.2) is 22.7 Å². The second-order valence-electron chi connectivity index (χ2n) is 8.76. The highest BCUT2D eigenvalue weighted by Gasteiger charge is 2.26. The molecule has 1 unspecified atom stereocenters. The minimum atomic E-state index is -3.14. The summed E-state index contributed by atoms with van der Waals surface area (Å²) in [6, 6.07) is 10.0. The predicted molar refractivity (Wildman–Crippen MR) is 129 cm³/mol. The zero-order valence-electron chi connectivity index (χ0n) is 19.4. The molecule has 10 nitrogen and oxygen atoms in total. The number of pyridine rings is 1. The number of hydrogen-bond donors (Lipinski definition) is 1. The first-order valence-electron chi connectivity index (χ1n) is 11.6. The largest absolute Gasteiger partial charge is 0.473 e. The molecule has 1 amide bonds. The zero-order chi connectivity index (χ0) is 24.4. The SMILES string of the molecule is CS(=O)(=O)N1CCC(c2ccc(-c3cc4nccnc4c(OCC4OCCNC4=O)n3)cc2)CC1. The molecule has 11 heteroatoms. The van der Waals surface area contributed by atoms with Gasteiger partial charge < -0.3 is 14.8 Å². The molecule has 2 aliphatic heterocycles. The highest BCUT2D eigenvalue weighted by Crippen LogP contribution is 2.32. The Labute approximate surface area is 203 Å². The van der Waals surface area contributed by atoms with Crippen molar-refractivity contribution in [3.63, 3.8) is 0 Å². The van der Waals surface area contributed by atoms with Crippen LogP contribution in [0.2, 0.25) is 0 Å². The number of hydrogen-bond acceptors (Lipinski definition) is 8. The monoisotopic (exact) mass is 497 g/mol. The molecule has 35 heavy (non-hydrogen) atoms. The summed E-state index contributed by atoms with van der Waals surface area (Å²) in [5, 5.41) is 2.76. The van der Waals surface area contributed by atoms with Gasteiger partial charge in [-0.05, 0) is 30.4 Å². The minimum absolute atomic E-state index is 0.0269. The number of ether oxygens (including phenoxy) is 2. The summed E-state index contributed by atoms with van der Waals surface area (Å²) in [6.45, 7) is 2.04. The number of carbonyl (C=O) groups is 1. The normalized spacial score (nSPS) is 20.0. The van der Waals surface area contributed by atoms with E-state index in [1.165, 1.54) is 11.8 Å². The molecule has 0 saturated carbocycles. The number of sulfonamides is 1. The first-order chi connectivity index (χ1) is 16.9. The third kappa shape index (κ3) is 5.26. The lowest BCUT2D eigenvalue weighted by Gasteiger charge is -2.30. The summed E-state index contributed by atoms with van der Waals surface area (Å²) in [4.78, 5) is 25.4. The van der Waals surface area contributed by atoms with Crippen LogP contribution < -0.4 is 10.1 Å². The van der Waals surface area contributed by atoms with Crippen molar-refractivity contribution in [2.24, 2.45) is 0 Å².